The predicted octanol–water partition coefficient (Wildman–Crippen LogP) is 3.59. The van der Waals surface area contributed by atoms with Crippen LogP contribution in [0.1, 0.15) is 53.9 Å². The van der Waals surface area contributed by atoms with Crippen LogP contribution in [0.2, 0.25) is 0 Å². The van der Waals surface area contributed by atoms with Crippen molar-refractivity contribution in [3.8, 4) is 5.75 Å². The zero-order chi connectivity index (χ0) is 22.2. The summed E-state index contributed by atoms with van der Waals surface area (Å²) in [6.45, 7) is 0.363. The van der Waals surface area contributed by atoms with Crippen molar-refractivity contribution < 1.29 is 19.4 Å². The van der Waals surface area contributed by atoms with Gasteiger partial charge in [0.25, 0.3) is 5.91 Å². The highest BCUT2D eigenvalue weighted by Gasteiger charge is 2.56. The second-order valence-corrected chi connectivity index (χ2v) is 9.10. The number of anilines is 1. The molecule has 2 aliphatic heterocycles. The Labute approximate surface area is 188 Å². The van der Waals surface area contributed by atoms with Crippen LogP contribution in [-0.2, 0) is 4.79 Å². The molecule has 3 atom stereocenters. The molecule has 0 spiro atoms. The van der Waals surface area contributed by atoms with Crippen LogP contribution in [0.5, 0.6) is 5.75 Å². The van der Waals surface area contributed by atoms with E-state index in [9.17, 15) is 14.7 Å². The van der Waals surface area contributed by atoms with Gasteiger partial charge in [0.1, 0.15) is 5.75 Å². The summed E-state index contributed by atoms with van der Waals surface area (Å²) in [6.07, 6.45) is 5.21. The maximum atomic E-state index is 13.6. The van der Waals surface area contributed by atoms with Crippen molar-refractivity contribution in [3.05, 3.63) is 59.7 Å². The lowest BCUT2D eigenvalue weighted by Crippen LogP contribution is -2.71. The van der Waals surface area contributed by atoms with Gasteiger partial charge in [0.2, 0.25) is 5.91 Å². The third kappa shape index (κ3) is 3.28. The van der Waals surface area contributed by atoms with Crippen LogP contribution in [0.3, 0.4) is 0 Å². The van der Waals surface area contributed by atoms with E-state index in [1.807, 2.05) is 41.3 Å². The first-order valence-electron chi connectivity index (χ1n) is 11.6. The number of amides is 2. The first-order valence-corrected chi connectivity index (χ1v) is 11.6. The molecule has 0 bridgehead atoms. The van der Waals surface area contributed by atoms with Crippen molar-refractivity contribution in [2.75, 3.05) is 25.2 Å². The lowest BCUT2D eigenvalue weighted by atomic mass is 9.70. The number of benzene rings is 2. The van der Waals surface area contributed by atoms with Gasteiger partial charge in [-0.2, -0.15) is 0 Å². The summed E-state index contributed by atoms with van der Waals surface area (Å²) in [5.41, 5.74) is 2.39. The van der Waals surface area contributed by atoms with Gasteiger partial charge in [-0.25, -0.2) is 0 Å². The average Bonchev–Trinajstić information content (AvgIpc) is 2.84. The number of fused-ring (bicyclic) bond motifs is 3. The molecule has 3 aliphatic rings. The average molecular weight is 435 g/mol. The van der Waals surface area contributed by atoms with E-state index < -0.39 is 0 Å². The minimum absolute atomic E-state index is 0.0364. The van der Waals surface area contributed by atoms with E-state index in [-0.39, 0.29) is 42.3 Å². The number of carbonyl (C=O) groups excluding carboxylic acids is 2. The van der Waals surface area contributed by atoms with E-state index >= 15 is 0 Å². The standard InChI is InChI=1S/C26H30N2O4/c1-32-23-14-8-6-12-19(23)26(31)27-15-21-24(18-11-5-7-13-20(18)27)22(16-29)28(21)25(30)17-9-3-2-4-10-17/h5-8,11-14,17,21-22,24,29H,2-4,9-10,15-16H2,1H3/t21-,22-,24+/m1/s1. The highest BCUT2D eigenvalue weighted by atomic mass is 16.5. The summed E-state index contributed by atoms with van der Waals surface area (Å²) in [5.74, 6) is 0.633. The molecule has 0 unspecified atom stereocenters. The maximum absolute atomic E-state index is 13.6. The smallest absolute Gasteiger partial charge is 0.262 e. The fourth-order valence-electron chi connectivity index (χ4n) is 5.91. The molecule has 6 heteroatoms. The molecule has 1 aliphatic carbocycles. The summed E-state index contributed by atoms with van der Waals surface area (Å²) in [5, 5.41) is 10.2. The van der Waals surface area contributed by atoms with Gasteiger partial charge in [0, 0.05) is 24.1 Å². The highest BCUT2D eigenvalue weighted by Crippen LogP contribution is 2.49. The van der Waals surface area contributed by atoms with Crippen molar-refractivity contribution in [2.45, 2.75) is 50.1 Å². The normalized spacial score (nSPS) is 24.9. The Hall–Kier alpha value is -2.86. The summed E-state index contributed by atoms with van der Waals surface area (Å²) in [6, 6.07) is 14.8. The number of carbonyl (C=O) groups is 2. The van der Waals surface area contributed by atoms with Crippen LogP contribution >= 0.6 is 0 Å². The van der Waals surface area contributed by atoms with Gasteiger partial charge < -0.3 is 19.6 Å². The molecule has 5 rings (SSSR count). The Morgan fingerprint density at radius 1 is 1.03 bits per heavy atom. The minimum atomic E-state index is -0.223. The molecule has 2 aromatic carbocycles. The third-order valence-corrected chi connectivity index (χ3v) is 7.48. The SMILES string of the molecule is COc1ccccc1C(=O)N1C[C@@H]2[C@H](c3ccccc31)[C@@H](CO)N2C(=O)C1CCCCC1. The maximum Gasteiger partial charge on any atom is 0.262 e. The molecule has 1 N–H and O–H groups in total. The first-order chi connectivity index (χ1) is 15.7. The second kappa shape index (κ2) is 8.58. The first kappa shape index (κ1) is 21.0. The molecule has 168 valence electrons. The summed E-state index contributed by atoms with van der Waals surface area (Å²) >= 11 is 0. The molecule has 2 aromatic rings. The van der Waals surface area contributed by atoms with E-state index in [0.29, 0.717) is 17.9 Å². The Morgan fingerprint density at radius 3 is 2.50 bits per heavy atom. The number of hydrogen-bond donors (Lipinski definition) is 1. The van der Waals surface area contributed by atoms with Gasteiger partial charge in [-0.1, -0.05) is 49.6 Å². The number of rotatable bonds is 4. The lowest BCUT2D eigenvalue weighted by molar-refractivity contribution is -0.156. The number of hydrogen-bond acceptors (Lipinski definition) is 4. The zero-order valence-corrected chi connectivity index (χ0v) is 18.4. The molecule has 2 amide bonds. The molecule has 2 heterocycles. The second-order valence-electron chi connectivity index (χ2n) is 9.10. The molecule has 32 heavy (non-hydrogen) atoms. The van der Waals surface area contributed by atoms with Crippen molar-refractivity contribution in [3.63, 3.8) is 0 Å². The number of nitrogens with zero attached hydrogens (tertiary/aromatic N) is 2. The van der Waals surface area contributed by atoms with E-state index in [1.54, 1.807) is 24.1 Å². The third-order valence-electron chi connectivity index (χ3n) is 7.48. The topological polar surface area (TPSA) is 70.1 Å². The fourth-order valence-corrected chi connectivity index (χ4v) is 5.91. The van der Waals surface area contributed by atoms with Crippen LogP contribution in [-0.4, -0.2) is 54.2 Å². The Morgan fingerprint density at radius 2 is 1.75 bits per heavy atom. The highest BCUT2D eigenvalue weighted by molar-refractivity contribution is 6.09. The summed E-state index contributed by atoms with van der Waals surface area (Å²) < 4.78 is 5.44. The van der Waals surface area contributed by atoms with Crippen molar-refractivity contribution in [1.82, 2.24) is 4.90 Å². The predicted molar refractivity (Wildman–Crippen MR) is 122 cm³/mol. The van der Waals surface area contributed by atoms with E-state index in [1.165, 1.54) is 6.42 Å². The molecule has 0 radical (unpaired) electrons. The van der Waals surface area contributed by atoms with E-state index in [2.05, 4.69) is 0 Å². The molecule has 6 nitrogen and oxygen atoms in total. The quantitative estimate of drug-likeness (QED) is 0.798. The van der Waals surface area contributed by atoms with Crippen LogP contribution in [0.4, 0.5) is 5.69 Å². The van der Waals surface area contributed by atoms with Crippen molar-refractivity contribution >= 4 is 17.5 Å². The van der Waals surface area contributed by atoms with Crippen LogP contribution in [0.25, 0.3) is 0 Å². The number of ether oxygens (including phenoxy) is 1. The fraction of sp³-hybridized carbons (Fsp3) is 0.462. The molecule has 1 saturated carbocycles. The molecular weight excluding hydrogens is 404 g/mol. The summed E-state index contributed by atoms with van der Waals surface area (Å²) in [4.78, 5) is 30.8. The molecule has 0 aromatic heterocycles. The van der Waals surface area contributed by atoms with Gasteiger partial charge in [0.15, 0.2) is 0 Å². The number of likely N-dealkylation sites (tertiary alicyclic amines) is 1. The number of methoxy groups -OCH3 is 1. The lowest BCUT2D eigenvalue weighted by Gasteiger charge is -2.59. The Balaban J connectivity index is 1.50. The van der Waals surface area contributed by atoms with Gasteiger partial charge in [-0.15, -0.1) is 0 Å². The van der Waals surface area contributed by atoms with Gasteiger partial charge in [0.05, 0.1) is 31.4 Å². The molecule has 2 fully saturated rings. The number of aliphatic hydroxyl groups is 1. The van der Waals surface area contributed by atoms with E-state index in [4.69, 9.17) is 4.74 Å². The number of aliphatic hydroxyl groups excluding tert-OH is 1. The van der Waals surface area contributed by atoms with Crippen molar-refractivity contribution in [1.29, 1.82) is 0 Å². The van der Waals surface area contributed by atoms with Crippen LogP contribution in [0.15, 0.2) is 48.5 Å². The zero-order valence-electron chi connectivity index (χ0n) is 18.4. The summed E-state index contributed by atoms with van der Waals surface area (Å²) in [7, 11) is 1.56. The number of para-hydroxylation sites is 2. The van der Waals surface area contributed by atoms with Gasteiger partial charge in [-0.3, -0.25) is 9.59 Å². The van der Waals surface area contributed by atoms with Gasteiger partial charge in [-0.05, 0) is 36.6 Å². The van der Waals surface area contributed by atoms with Crippen LogP contribution < -0.4 is 9.64 Å². The largest absolute Gasteiger partial charge is 0.496 e. The Kier molecular flexibility index (Phi) is 5.64. The van der Waals surface area contributed by atoms with Crippen LogP contribution in [0, 0.1) is 5.92 Å². The molecular formula is C26H30N2O4. The van der Waals surface area contributed by atoms with Crippen molar-refractivity contribution in [2.24, 2.45) is 5.92 Å². The van der Waals surface area contributed by atoms with Gasteiger partial charge >= 0.3 is 0 Å². The minimum Gasteiger partial charge on any atom is -0.496 e. The molecule has 1 saturated heterocycles. The Bertz CT molecular complexity index is 1020. The van der Waals surface area contributed by atoms with E-state index in [0.717, 1.165) is 36.9 Å². The monoisotopic (exact) mass is 434 g/mol.